The lowest BCUT2D eigenvalue weighted by molar-refractivity contribution is 0.217. The Morgan fingerprint density at radius 3 is 2.03 bits per heavy atom. The van der Waals surface area contributed by atoms with Crippen molar-refractivity contribution >= 4 is 10.0 Å². The van der Waals surface area contributed by atoms with Gasteiger partial charge >= 0.3 is 0 Å². The third-order valence-corrected chi connectivity index (χ3v) is 7.77. The highest BCUT2D eigenvalue weighted by Crippen LogP contribution is 2.24. The van der Waals surface area contributed by atoms with Gasteiger partial charge in [0.1, 0.15) is 0 Å². The van der Waals surface area contributed by atoms with E-state index in [0.29, 0.717) is 6.04 Å². The van der Waals surface area contributed by atoms with Gasteiger partial charge in [-0.1, -0.05) is 36.4 Å². The van der Waals surface area contributed by atoms with Crippen molar-refractivity contribution < 1.29 is 18.6 Å². The number of rotatable bonds is 10. The zero-order valence-electron chi connectivity index (χ0n) is 17.6. The lowest BCUT2D eigenvalue weighted by atomic mass is 10.0. The molecule has 1 aliphatic rings. The molecule has 1 fully saturated rings. The van der Waals surface area contributed by atoms with E-state index in [1.807, 2.05) is 0 Å². The predicted octanol–water partition coefficient (Wildman–Crippen LogP) is 2.36. The summed E-state index contributed by atoms with van der Waals surface area (Å²) >= 11 is 0. The van der Waals surface area contributed by atoms with E-state index in [9.17, 15) is 8.42 Å². The molecule has 3 rings (SSSR count). The molecule has 1 aliphatic heterocycles. The third kappa shape index (κ3) is 5.47. The van der Waals surface area contributed by atoms with Crippen LogP contribution in [0, 0.1) is 0 Å². The number of benzene rings is 2. The summed E-state index contributed by atoms with van der Waals surface area (Å²) in [4.78, 5) is 2.70. The second-order valence-corrected chi connectivity index (χ2v) is 9.79. The van der Waals surface area contributed by atoms with Gasteiger partial charge in [0.15, 0.2) is 0 Å². The van der Waals surface area contributed by atoms with Crippen molar-refractivity contribution in [3.63, 3.8) is 0 Å². The Labute approximate surface area is 179 Å². The van der Waals surface area contributed by atoms with Gasteiger partial charge in [0.25, 0.3) is 0 Å². The van der Waals surface area contributed by atoms with E-state index < -0.39 is 10.0 Å². The fourth-order valence-electron chi connectivity index (χ4n) is 4.01. The van der Waals surface area contributed by atoms with Crippen LogP contribution >= 0.6 is 0 Å². The maximum absolute atomic E-state index is 12.7. The van der Waals surface area contributed by atoms with Crippen molar-refractivity contribution in [1.82, 2.24) is 9.21 Å². The van der Waals surface area contributed by atoms with Gasteiger partial charge in [0.2, 0.25) is 10.0 Å². The summed E-state index contributed by atoms with van der Waals surface area (Å²) in [6.07, 6.45) is 3.62. The van der Waals surface area contributed by atoms with Crippen LogP contribution in [-0.2, 0) is 16.4 Å². The van der Waals surface area contributed by atoms with Crippen molar-refractivity contribution in [2.75, 3.05) is 39.4 Å². The molecule has 1 atom stereocenters. The Kier molecular flexibility index (Phi) is 8.02. The molecule has 2 aromatic rings. The van der Waals surface area contributed by atoms with Crippen LogP contribution in [0.5, 0.6) is 0 Å². The van der Waals surface area contributed by atoms with Crippen LogP contribution in [0.3, 0.4) is 0 Å². The third-order valence-electron chi connectivity index (χ3n) is 5.86. The monoisotopic (exact) mass is 432 g/mol. The normalized spacial score (nSPS) is 17.7. The molecule has 0 aromatic heterocycles. The first kappa shape index (κ1) is 22.9. The summed E-state index contributed by atoms with van der Waals surface area (Å²) in [7, 11) is -3.74. The molecule has 0 saturated carbocycles. The van der Waals surface area contributed by atoms with Gasteiger partial charge in [-0.3, -0.25) is 0 Å². The van der Waals surface area contributed by atoms with Gasteiger partial charge in [0, 0.05) is 25.7 Å². The molecule has 2 aromatic carbocycles. The molecular formula is C23H32N2O4S. The first-order chi connectivity index (χ1) is 14.5. The minimum atomic E-state index is -3.74. The molecule has 0 aliphatic carbocycles. The molecule has 7 heteroatoms. The van der Waals surface area contributed by atoms with E-state index in [-0.39, 0.29) is 31.2 Å². The number of likely N-dealkylation sites (tertiary alicyclic amines) is 1. The SMILES string of the molecule is CC1CCCN1CCc1ccc(-c2ccc(S(=O)(=O)N(CCO)CCO)cc2)cc1. The number of hydrogen-bond acceptors (Lipinski definition) is 5. The van der Waals surface area contributed by atoms with Crippen LogP contribution in [0.1, 0.15) is 25.3 Å². The van der Waals surface area contributed by atoms with Gasteiger partial charge in [-0.15, -0.1) is 0 Å². The maximum atomic E-state index is 12.7. The molecule has 0 amide bonds. The van der Waals surface area contributed by atoms with Gasteiger partial charge in [-0.25, -0.2) is 8.42 Å². The minimum absolute atomic E-state index is 0.0394. The Morgan fingerprint density at radius 2 is 1.53 bits per heavy atom. The molecule has 1 unspecified atom stereocenters. The molecule has 0 radical (unpaired) electrons. The number of sulfonamides is 1. The van der Waals surface area contributed by atoms with Crippen molar-refractivity contribution in [1.29, 1.82) is 0 Å². The smallest absolute Gasteiger partial charge is 0.243 e. The quantitative estimate of drug-likeness (QED) is 0.602. The topological polar surface area (TPSA) is 81.1 Å². The molecule has 0 bridgehead atoms. The van der Waals surface area contributed by atoms with Crippen LogP contribution in [-0.4, -0.2) is 73.3 Å². The summed E-state index contributed by atoms with van der Waals surface area (Å²) in [5.74, 6) is 0. The second-order valence-electron chi connectivity index (χ2n) is 7.85. The van der Waals surface area contributed by atoms with Crippen molar-refractivity contribution in [2.24, 2.45) is 0 Å². The largest absolute Gasteiger partial charge is 0.395 e. The first-order valence-electron chi connectivity index (χ1n) is 10.6. The van der Waals surface area contributed by atoms with Crippen LogP contribution in [0.4, 0.5) is 0 Å². The van der Waals surface area contributed by atoms with Crippen molar-refractivity contribution in [3.8, 4) is 11.1 Å². The summed E-state index contributed by atoms with van der Waals surface area (Å²) in [6.45, 7) is 3.92. The molecule has 164 valence electrons. The van der Waals surface area contributed by atoms with Crippen LogP contribution in [0.2, 0.25) is 0 Å². The van der Waals surface area contributed by atoms with E-state index in [1.54, 1.807) is 24.3 Å². The number of hydrogen-bond donors (Lipinski definition) is 2. The maximum Gasteiger partial charge on any atom is 0.243 e. The van der Waals surface area contributed by atoms with E-state index in [1.165, 1.54) is 24.9 Å². The lowest BCUT2D eigenvalue weighted by Crippen LogP contribution is -2.35. The summed E-state index contributed by atoms with van der Waals surface area (Å²) in [5.41, 5.74) is 3.30. The second kappa shape index (κ2) is 10.5. The van der Waals surface area contributed by atoms with Crippen LogP contribution in [0.25, 0.3) is 11.1 Å². The summed E-state index contributed by atoms with van der Waals surface area (Å²) < 4.78 is 26.5. The Bertz CT molecular complexity index is 892. The summed E-state index contributed by atoms with van der Waals surface area (Å²) in [5, 5.41) is 18.2. The fraction of sp³-hybridized carbons (Fsp3) is 0.478. The standard InChI is InChI=1S/C23H32N2O4S/c1-19-3-2-13-24(19)14-12-20-4-6-21(7-5-20)22-8-10-23(11-9-22)30(28,29)25(15-17-26)16-18-27/h4-11,19,26-27H,2-3,12-18H2,1H3. The highest BCUT2D eigenvalue weighted by Gasteiger charge is 2.23. The van der Waals surface area contributed by atoms with Crippen molar-refractivity contribution in [2.45, 2.75) is 37.1 Å². The molecule has 30 heavy (non-hydrogen) atoms. The van der Waals surface area contributed by atoms with Crippen LogP contribution < -0.4 is 0 Å². The fourth-order valence-corrected chi connectivity index (χ4v) is 5.43. The predicted molar refractivity (Wildman–Crippen MR) is 119 cm³/mol. The molecule has 6 nitrogen and oxygen atoms in total. The number of aliphatic hydroxyl groups excluding tert-OH is 2. The average molecular weight is 433 g/mol. The van der Waals surface area contributed by atoms with Crippen LogP contribution in [0.15, 0.2) is 53.4 Å². The number of aliphatic hydroxyl groups is 2. The molecule has 0 spiro atoms. The van der Waals surface area contributed by atoms with E-state index in [0.717, 1.165) is 28.4 Å². The molecule has 2 N–H and O–H groups in total. The highest BCUT2D eigenvalue weighted by atomic mass is 32.2. The van der Waals surface area contributed by atoms with E-state index in [4.69, 9.17) is 10.2 Å². The van der Waals surface area contributed by atoms with E-state index in [2.05, 4.69) is 36.1 Å². The van der Waals surface area contributed by atoms with Gasteiger partial charge in [-0.2, -0.15) is 4.31 Å². The summed E-state index contributed by atoms with van der Waals surface area (Å²) in [6, 6.07) is 15.9. The highest BCUT2D eigenvalue weighted by molar-refractivity contribution is 7.89. The van der Waals surface area contributed by atoms with E-state index >= 15 is 0 Å². The van der Waals surface area contributed by atoms with Gasteiger partial charge in [0.05, 0.1) is 18.1 Å². The molecule has 1 heterocycles. The zero-order valence-corrected chi connectivity index (χ0v) is 18.4. The zero-order chi connectivity index (χ0) is 21.6. The first-order valence-corrected chi connectivity index (χ1v) is 12.0. The minimum Gasteiger partial charge on any atom is -0.395 e. The Hall–Kier alpha value is -1.77. The Morgan fingerprint density at radius 1 is 0.967 bits per heavy atom. The van der Waals surface area contributed by atoms with Gasteiger partial charge in [-0.05, 0) is 61.6 Å². The number of nitrogens with zero attached hydrogens (tertiary/aromatic N) is 2. The molecular weight excluding hydrogens is 400 g/mol. The van der Waals surface area contributed by atoms with Crippen molar-refractivity contribution in [3.05, 3.63) is 54.1 Å². The van der Waals surface area contributed by atoms with Gasteiger partial charge < -0.3 is 15.1 Å². The average Bonchev–Trinajstić information content (AvgIpc) is 3.17. The Balaban J connectivity index is 1.67. The lowest BCUT2D eigenvalue weighted by Gasteiger charge is -2.21. The molecule has 1 saturated heterocycles.